The topological polar surface area (TPSA) is 52.5 Å². The lowest BCUT2D eigenvalue weighted by molar-refractivity contribution is 0.326. The minimum absolute atomic E-state index is 0. The van der Waals surface area contributed by atoms with E-state index in [0.717, 1.165) is 37.0 Å². The van der Waals surface area contributed by atoms with Crippen LogP contribution in [0.4, 0.5) is 0 Å². The number of rotatable bonds is 8. The third kappa shape index (κ3) is 7.65. The summed E-state index contributed by atoms with van der Waals surface area (Å²) in [5.41, 5.74) is 1.17. The van der Waals surface area contributed by atoms with Gasteiger partial charge in [0.05, 0.1) is 10.7 Å². The van der Waals surface area contributed by atoms with Crippen molar-refractivity contribution in [3.8, 4) is 0 Å². The molecule has 5 nitrogen and oxygen atoms in total. The van der Waals surface area contributed by atoms with E-state index in [1.54, 1.807) is 11.3 Å². The molecule has 2 rings (SSSR count). The van der Waals surface area contributed by atoms with E-state index in [-0.39, 0.29) is 24.0 Å². The van der Waals surface area contributed by atoms with Crippen molar-refractivity contribution in [3.05, 3.63) is 16.1 Å². The number of thiazole rings is 1. The van der Waals surface area contributed by atoms with Gasteiger partial charge in [-0.25, -0.2) is 4.98 Å². The Bertz CT molecular complexity index is 491. The summed E-state index contributed by atoms with van der Waals surface area (Å²) in [5.74, 6) is 1.64. The minimum atomic E-state index is 0. The summed E-state index contributed by atoms with van der Waals surface area (Å²) < 4.78 is 0. The molecule has 1 aromatic heterocycles. The highest BCUT2D eigenvalue weighted by Crippen LogP contribution is 2.16. The first-order chi connectivity index (χ1) is 11.2. The van der Waals surface area contributed by atoms with Gasteiger partial charge in [0.25, 0.3) is 0 Å². The summed E-state index contributed by atoms with van der Waals surface area (Å²) in [6.45, 7) is 12.8. The van der Waals surface area contributed by atoms with Crippen molar-refractivity contribution in [1.29, 1.82) is 0 Å². The van der Waals surface area contributed by atoms with Gasteiger partial charge >= 0.3 is 0 Å². The van der Waals surface area contributed by atoms with Gasteiger partial charge in [-0.05, 0) is 45.7 Å². The molecule has 0 amide bonds. The Morgan fingerprint density at radius 2 is 2.25 bits per heavy atom. The zero-order chi connectivity index (χ0) is 16.5. The summed E-state index contributed by atoms with van der Waals surface area (Å²) in [5, 5.41) is 10.0. The Labute approximate surface area is 167 Å². The van der Waals surface area contributed by atoms with Crippen LogP contribution in [-0.2, 0) is 6.42 Å². The van der Waals surface area contributed by atoms with E-state index < -0.39 is 0 Å². The van der Waals surface area contributed by atoms with Crippen molar-refractivity contribution in [3.63, 3.8) is 0 Å². The van der Waals surface area contributed by atoms with Crippen LogP contribution in [-0.4, -0.2) is 55.1 Å². The van der Waals surface area contributed by atoms with Crippen molar-refractivity contribution in [1.82, 2.24) is 20.5 Å². The number of nitrogens with one attached hydrogen (secondary N) is 2. The second-order valence-corrected chi connectivity index (χ2v) is 7.27. The summed E-state index contributed by atoms with van der Waals surface area (Å²) in [7, 11) is 0. The Hall–Kier alpha value is -0.410. The zero-order valence-corrected chi connectivity index (χ0v) is 18.3. The van der Waals surface area contributed by atoms with Crippen LogP contribution in [0.15, 0.2) is 10.4 Å². The molecular weight excluding hydrogens is 433 g/mol. The molecule has 0 saturated carbocycles. The number of halogens is 1. The van der Waals surface area contributed by atoms with Gasteiger partial charge in [-0.1, -0.05) is 6.92 Å². The molecule has 1 aromatic rings. The quantitative estimate of drug-likeness (QED) is 0.352. The number of nitrogens with zero attached hydrogens (tertiary/aromatic N) is 3. The Kier molecular flexibility index (Phi) is 10.8. The first-order valence-corrected chi connectivity index (χ1v) is 9.74. The molecule has 1 aliphatic rings. The number of aryl methyl sites for hydroxylation is 1. The summed E-state index contributed by atoms with van der Waals surface area (Å²) in [4.78, 5) is 11.8. The van der Waals surface area contributed by atoms with Gasteiger partial charge in [0.15, 0.2) is 5.96 Å². The van der Waals surface area contributed by atoms with Gasteiger partial charge in [-0.15, -0.1) is 35.3 Å². The molecule has 2 N–H and O–H groups in total. The van der Waals surface area contributed by atoms with Gasteiger partial charge in [0.1, 0.15) is 0 Å². The number of hydrogen-bond donors (Lipinski definition) is 2. The number of hydrogen-bond acceptors (Lipinski definition) is 4. The van der Waals surface area contributed by atoms with Gasteiger partial charge in [-0.3, -0.25) is 4.99 Å². The van der Waals surface area contributed by atoms with Crippen molar-refractivity contribution < 1.29 is 0 Å². The van der Waals surface area contributed by atoms with Crippen molar-refractivity contribution in [2.45, 2.75) is 40.0 Å². The Morgan fingerprint density at radius 1 is 1.42 bits per heavy atom. The highest BCUT2D eigenvalue weighted by Gasteiger charge is 2.21. The molecule has 0 bridgehead atoms. The lowest BCUT2D eigenvalue weighted by Gasteiger charge is -2.14. The Morgan fingerprint density at radius 3 is 2.92 bits per heavy atom. The number of likely N-dealkylation sites (tertiary alicyclic amines) is 1. The van der Waals surface area contributed by atoms with Crippen molar-refractivity contribution in [2.24, 2.45) is 10.9 Å². The fourth-order valence-electron chi connectivity index (χ4n) is 2.98. The maximum atomic E-state index is 4.78. The van der Waals surface area contributed by atoms with E-state index in [9.17, 15) is 0 Å². The van der Waals surface area contributed by atoms with E-state index in [2.05, 4.69) is 46.7 Å². The average molecular weight is 465 g/mol. The molecule has 0 aliphatic carbocycles. The van der Waals surface area contributed by atoms with Crippen LogP contribution in [0.25, 0.3) is 0 Å². The standard InChI is InChI=1S/C17H31N5S.HI/c1-4-9-22-10-7-15(12-22)11-20-17(18-5-2)19-8-6-16-13-23-14(3)21-16;/h13,15H,4-12H2,1-3H3,(H2,18,19,20);1H. The van der Waals surface area contributed by atoms with Gasteiger partial charge in [-0.2, -0.15) is 0 Å². The smallest absolute Gasteiger partial charge is 0.191 e. The van der Waals surface area contributed by atoms with Gasteiger partial charge in [0, 0.05) is 38.0 Å². The third-order valence-electron chi connectivity index (χ3n) is 4.10. The molecule has 1 aliphatic heterocycles. The highest BCUT2D eigenvalue weighted by molar-refractivity contribution is 14.0. The van der Waals surface area contributed by atoms with Gasteiger partial charge < -0.3 is 15.5 Å². The SMILES string of the molecule is CCCN1CCC(CN=C(NCC)NCCc2csc(C)n2)C1.I. The lowest BCUT2D eigenvalue weighted by atomic mass is 10.1. The average Bonchev–Trinajstić information content (AvgIpc) is 3.14. The van der Waals surface area contributed by atoms with Gasteiger partial charge in [0.2, 0.25) is 0 Å². The van der Waals surface area contributed by atoms with E-state index in [4.69, 9.17) is 4.99 Å². The lowest BCUT2D eigenvalue weighted by Crippen LogP contribution is -2.38. The van der Waals surface area contributed by atoms with Crippen LogP contribution < -0.4 is 10.6 Å². The Balaban J connectivity index is 0.00000288. The van der Waals surface area contributed by atoms with Crippen LogP contribution in [0.3, 0.4) is 0 Å². The first-order valence-electron chi connectivity index (χ1n) is 8.86. The molecule has 7 heteroatoms. The molecular formula is C17H32IN5S. The third-order valence-corrected chi connectivity index (χ3v) is 4.92. The molecule has 0 radical (unpaired) electrons. The van der Waals surface area contributed by atoms with E-state index >= 15 is 0 Å². The van der Waals surface area contributed by atoms with Crippen LogP contribution in [0.1, 0.15) is 37.4 Å². The molecule has 0 aromatic carbocycles. The molecule has 24 heavy (non-hydrogen) atoms. The maximum Gasteiger partial charge on any atom is 0.191 e. The van der Waals surface area contributed by atoms with E-state index in [1.807, 2.05) is 0 Å². The monoisotopic (exact) mass is 465 g/mol. The summed E-state index contributed by atoms with van der Waals surface area (Å²) >= 11 is 1.72. The second-order valence-electron chi connectivity index (χ2n) is 6.21. The van der Waals surface area contributed by atoms with Crippen molar-refractivity contribution >= 4 is 41.3 Å². The van der Waals surface area contributed by atoms with E-state index in [1.165, 1.54) is 38.2 Å². The molecule has 1 fully saturated rings. The first kappa shape index (κ1) is 21.6. The van der Waals surface area contributed by atoms with Crippen LogP contribution in [0.5, 0.6) is 0 Å². The molecule has 1 unspecified atom stereocenters. The van der Waals surface area contributed by atoms with E-state index in [0.29, 0.717) is 5.92 Å². The maximum absolute atomic E-state index is 4.78. The van der Waals surface area contributed by atoms with Crippen LogP contribution in [0, 0.1) is 12.8 Å². The second kappa shape index (κ2) is 12.0. The predicted octanol–water partition coefficient (Wildman–Crippen LogP) is 2.90. The minimum Gasteiger partial charge on any atom is -0.357 e. The number of aromatic nitrogens is 1. The van der Waals surface area contributed by atoms with Crippen molar-refractivity contribution in [2.75, 3.05) is 39.3 Å². The number of guanidine groups is 1. The molecule has 138 valence electrons. The largest absolute Gasteiger partial charge is 0.357 e. The molecule has 1 atom stereocenters. The predicted molar refractivity (Wildman–Crippen MR) is 115 cm³/mol. The summed E-state index contributed by atoms with van der Waals surface area (Å²) in [6.07, 6.45) is 3.47. The number of aliphatic imine (C=N–C) groups is 1. The zero-order valence-electron chi connectivity index (χ0n) is 15.2. The molecule has 1 saturated heterocycles. The molecule has 0 spiro atoms. The highest BCUT2D eigenvalue weighted by atomic mass is 127. The van der Waals surface area contributed by atoms with Crippen LogP contribution >= 0.6 is 35.3 Å². The fraction of sp³-hybridized carbons (Fsp3) is 0.765. The summed E-state index contributed by atoms with van der Waals surface area (Å²) in [6, 6.07) is 0. The van der Waals surface area contributed by atoms with Crippen LogP contribution in [0.2, 0.25) is 0 Å². The normalized spacial score (nSPS) is 18.5. The fourth-order valence-corrected chi connectivity index (χ4v) is 3.62. The molecule has 2 heterocycles.